The molecule has 1 aliphatic heterocycles. The minimum absolute atomic E-state index is 0.101. The number of nitrogens with one attached hydrogen (secondary N) is 1. The van der Waals surface area contributed by atoms with E-state index in [1.54, 1.807) is 31.1 Å². The van der Waals surface area contributed by atoms with Crippen LogP contribution in [0.3, 0.4) is 0 Å². The summed E-state index contributed by atoms with van der Waals surface area (Å²) in [5, 5.41) is 22.1. The Bertz CT molecular complexity index is 799. The largest absolute Gasteiger partial charge is 0.372 e. The number of rotatable bonds is 5. The average molecular weight is 330 g/mol. The minimum Gasteiger partial charge on any atom is -0.372 e. The molecule has 2 heterocycles. The first-order chi connectivity index (χ1) is 11.5. The van der Waals surface area contributed by atoms with Gasteiger partial charge in [0, 0.05) is 38.7 Å². The van der Waals surface area contributed by atoms with Gasteiger partial charge in [-0.25, -0.2) is 0 Å². The lowest BCUT2D eigenvalue weighted by atomic mass is 10.1. The highest BCUT2D eigenvalue weighted by molar-refractivity contribution is 5.95. The van der Waals surface area contributed by atoms with Crippen molar-refractivity contribution >= 4 is 17.3 Å². The number of anilines is 1. The number of carbonyl (C=O) groups excluding carboxylic acids is 1. The standard InChI is InChI=1S/C15H18N6O3/c1-19(2)11-6-5-10(8-12(11)21(23)24)15(22)16-9-14-18-17-13-4-3-7-20(13)14/h5-6,8H,3-4,7,9H2,1-2H3,(H,16,22). The van der Waals surface area contributed by atoms with Crippen molar-refractivity contribution in [3.05, 3.63) is 45.5 Å². The number of aromatic nitrogens is 3. The fourth-order valence-electron chi connectivity index (χ4n) is 2.79. The van der Waals surface area contributed by atoms with Crippen LogP contribution >= 0.6 is 0 Å². The zero-order valence-electron chi connectivity index (χ0n) is 13.5. The number of fused-ring (bicyclic) bond motifs is 1. The molecule has 1 N–H and O–H groups in total. The molecule has 0 atom stereocenters. The molecule has 126 valence electrons. The van der Waals surface area contributed by atoms with Gasteiger partial charge < -0.3 is 14.8 Å². The normalized spacial score (nSPS) is 12.8. The molecule has 0 unspecified atom stereocenters. The molecule has 1 amide bonds. The van der Waals surface area contributed by atoms with Crippen molar-refractivity contribution in [3.8, 4) is 0 Å². The van der Waals surface area contributed by atoms with Gasteiger partial charge in [-0.05, 0) is 18.6 Å². The predicted molar refractivity (Wildman–Crippen MR) is 86.9 cm³/mol. The molecule has 1 aliphatic rings. The van der Waals surface area contributed by atoms with Gasteiger partial charge in [0.1, 0.15) is 11.5 Å². The first-order valence-corrected chi connectivity index (χ1v) is 7.62. The van der Waals surface area contributed by atoms with Gasteiger partial charge >= 0.3 is 0 Å². The van der Waals surface area contributed by atoms with Crippen LogP contribution in [-0.4, -0.2) is 39.7 Å². The zero-order valence-corrected chi connectivity index (χ0v) is 13.5. The number of nitro groups is 1. The molecule has 9 heteroatoms. The summed E-state index contributed by atoms with van der Waals surface area (Å²) in [7, 11) is 3.43. The maximum absolute atomic E-state index is 12.3. The Morgan fingerprint density at radius 2 is 2.21 bits per heavy atom. The number of aryl methyl sites for hydroxylation is 1. The number of amides is 1. The molecule has 0 saturated carbocycles. The number of nitro benzene ring substituents is 1. The SMILES string of the molecule is CN(C)c1ccc(C(=O)NCc2nnc3n2CCC3)cc1[N+](=O)[O-]. The number of nitrogens with zero attached hydrogens (tertiary/aromatic N) is 5. The van der Waals surface area contributed by atoms with Gasteiger partial charge in [-0.1, -0.05) is 0 Å². The van der Waals surface area contributed by atoms with Gasteiger partial charge in [-0.3, -0.25) is 14.9 Å². The van der Waals surface area contributed by atoms with Crippen molar-refractivity contribution in [2.24, 2.45) is 0 Å². The van der Waals surface area contributed by atoms with E-state index in [9.17, 15) is 14.9 Å². The maximum Gasteiger partial charge on any atom is 0.293 e. The fraction of sp³-hybridized carbons (Fsp3) is 0.400. The monoisotopic (exact) mass is 330 g/mol. The van der Waals surface area contributed by atoms with Crippen LogP contribution in [0.25, 0.3) is 0 Å². The lowest BCUT2D eigenvalue weighted by Crippen LogP contribution is -2.25. The summed E-state index contributed by atoms with van der Waals surface area (Å²) in [6.07, 6.45) is 1.93. The smallest absolute Gasteiger partial charge is 0.293 e. The fourth-order valence-corrected chi connectivity index (χ4v) is 2.79. The third kappa shape index (κ3) is 2.92. The molecule has 0 bridgehead atoms. The van der Waals surface area contributed by atoms with Crippen LogP contribution in [0.1, 0.15) is 28.4 Å². The van der Waals surface area contributed by atoms with E-state index in [2.05, 4.69) is 15.5 Å². The van der Waals surface area contributed by atoms with Crippen LogP contribution in [-0.2, 0) is 19.5 Å². The van der Waals surface area contributed by atoms with E-state index in [1.807, 2.05) is 4.57 Å². The first kappa shape index (κ1) is 15.9. The van der Waals surface area contributed by atoms with Gasteiger partial charge in [-0.15, -0.1) is 10.2 Å². The molecule has 0 spiro atoms. The summed E-state index contributed by atoms with van der Waals surface area (Å²) in [5.74, 6) is 1.26. The summed E-state index contributed by atoms with van der Waals surface area (Å²) in [6, 6.07) is 4.44. The van der Waals surface area contributed by atoms with E-state index >= 15 is 0 Å². The van der Waals surface area contributed by atoms with Crippen LogP contribution in [0.2, 0.25) is 0 Å². The quantitative estimate of drug-likeness (QED) is 0.650. The summed E-state index contributed by atoms with van der Waals surface area (Å²) in [4.78, 5) is 24.6. The second kappa shape index (κ2) is 6.26. The molecule has 1 aromatic carbocycles. The predicted octanol–water partition coefficient (Wildman–Crippen LogP) is 1.13. The van der Waals surface area contributed by atoms with E-state index in [-0.39, 0.29) is 23.7 Å². The van der Waals surface area contributed by atoms with Crippen molar-refractivity contribution < 1.29 is 9.72 Å². The minimum atomic E-state index is -0.489. The second-order valence-corrected chi connectivity index (χ2v) is 5.83. The molecule has 24 heavy (non-hydrogen) atoms. The number of hydrogen-bond donors (Lipinski definition) is 1. The number of benzene rings is 1. The number of carbonyl (C=O) groups is 1. The van der Waals surface area contributed by atoms with E-state index in [0.29, 0.717) is 11.5 Å². The Balaban J connectivity index is 1.75. The van der Waals surface area contributed by atoms with Crippen LogP contribution in [0.5, 0.6) is 0 Å². The zero-order chi connectivity index (χ0) is 17.3. The van der Waals surface area contributed by atoms with E-state index in [4.69, 9.17) is 0 Å². The lowest BCUT2D eigenvalue weighted by Gasteiger charge is -2.13. The molecule has 0 saturated heterocycles. The van der Waals surface area contributed by atoms with Crippen molar-refractivity contribution in [1.82, 2.24) is 20.1 Å². The molecule has 2 aromatic rings. The van der Waals surface area contributed by atoms with Gasteiger partial charge in [0.05, 0.1) is 11.5 Å². The van der Waals surface area contributed by atoms with Crippen molar-refractivity contribution in [3.63, 3.8) is 0 Å². The third-order valence-corrected chi connectivity index (χ3v) is 4.01. The van der Waals surface area contributed by atoms with Gasteiger partial charge in [0.15, 0.2) is 5.82 Å². The molecule has 1 aromatic heterocycles. The Morgan fingerprint density at radius 3 is 2.92 bits per heavy atom. The third-order valence-electron chi connectivity index (χ3n) is 4.01. The molecular weight excluding hydrogens is 312 g/mol. The lowest BCUT2D eigenvalue weighted by molar-refractivity contribution is -0.384. The highest BCUT2D eigenvalue weighted by Crippen LogP contribution is 2.27. The van der Waals surface area contributed by atoms with Crippen LogP contribution in [0.4, 0.5) is 11.4 Å². The molecule has 0 radical (unpaired) electrons. The Morgan fingerprint density at radius 1 is 1.42 bits per heavy atom. The van der Waals surface area contributed by atoms with Crippen LogP contribution < -0.4 is 10.2 Å². The highest BCUT2D eigenvalue weighted by Gasteiger charge is 2.20. The summed E-state index contributed by atoms with van der Waals surface area (Å²) in [6.45, 7) is 1.10. The molecule has 0 fully saturated rings. The molecular formula is C15H18N6O3. The molecule has 3 rings (SSSR count). The van der Waals surface area contributed by atoms with E-state index in [0.717, 1.165) is 25.2 Å². The Labute approximate surface area is 138 Å². The first-order valence-electron chi connectivity index (χ1n) is 7.62. The van der Waals surface area contributed by atoms with Gasteiger partial charge in [0.2, 0.25) is 0 Å². The Kier molecular flexibility index (Phi) is 4.15. The Hall–Kier alpha value is -2.97. The van der Waals surface area contributed by atoms with Crippen LogP contribution in [0, 0.1) is 10.1 Å². The van der Waals surface area contributed by atoms with Gasteiger partial charge in [0.25, 0.3) is 11.6 Å². The molecule has 9 nitrogen and oxygen atoms in total. The maximum atomic E-state index is 12.3. The second-order valence-electron chi connectivity index (χ2n) is 5.83. The average Bonchev–Trinajstić information content (AvgIpc) is 3.15. The van der Waals surface area contributed by atoms with Crippen LogP contribution in [0.15, 0.2) is 18.2 Å². The van der Waals surface area contributed by atoms with Crippen molar-refractivity contribution in [2.45, 2.75) is 25.9 Å². The van der Waals surface area contributed by atoms with Crippen molar-refractivity contribution in [2.75, 3.05) is 19.0 Å². The van der Waals surface area contributed by atoms with Gasteiger partial charge in [-0.2, -0.15) is 0 Å². The topological polar surface area (TPSA) is 106 Å². The molecule has 0 aliphatic carbocycles. The number of hydrogen-bond acceptors (Lipinski definition) is 6. The summed E-state index contributed by atoms with van der Waals surface area (Å²) < 4.78 is 2.00. The summed E-state index contributed by atoms with van der Waals surface area (Å²) >= 11 is 0. The van der Waals surface area contributed by atoms with E-state index < -0.39 is 4.92 Å². The summed E-state index contributed by atoms with van der Waals surface area (Å²) in [5.41, 5.74) is 0.594. The van der Waals surface area contributed by atoms with E-state index in [1.165, 1.54) is 6.07 Å². The van der Waals surface area contributed by atoms with Crippen molar-refractivity contribution in [1.29, 1.82) is 0 Å². The highest BCUT2D eigenvalue weighted by atomic mass is 16.6.